The molecule has 0 saturated heterocycles. The number of nitrogens with zero attached hydrogens (tertiary/aromatic N) is 1. The van der Waals surface area contributed by atoms with Crippen molar-refractivity contribution in [2.24, 2.45) is 0 Å². The van der Waals surface area contributed by atoms with Gasteiger partial charge in [0.15, 0.2) is 0 Å². The van der Waals surface area contributed by atoms with Crippen LogP contribution in [0.2, 0.25) is 0 Å². The number of hydrogen-bond acceptors (Lipinski definition) is 3. The summed E-state index contributed by atoms with van der Waals surface area (Å²) in [7, 11) is 3.02. The highest BCUT2D eigenvalue weighted by molar-refractivity contribution is 5.76. The molecule has 0 radical (unpaired) electrons. The summed E-state index contributed by atoms with van der Waals surface area (Å²) in [6.07, 6.45) is 1.50. The smallest absolute Gasteiger partial charge is 0.305 e. The van der Waals surface area contributed by atoms with Crippen LogP contribution < -0.4 is 0 Å². The Hall–Kier alpha value is -1.91. The highest BCUT2D eigenvalue weighted by Crippen LogP contribution is 2.09. The normalized spacial score (nSPS) is 10.2. The van der Waals surface area contributed by atoms with Gasteiger partial charge < -0.3 is 9.64 Å². The highest BCUT2D eigenvalue weighted by Gasteiger charge is 2.11. The zero-order valence-electron chi connectivity index (χ0n) is 11.9. The molecule has 0 aliphatic heterocycles. The van der Waals surface area contributed by atoms with Gasteiger partial charge in [0, 0.05) is 26.4 Å². The molecule has 0 heterocycles. The van der Waals surface area contributed by atoms with Crippen LogP contribution in [0.4, 0.5) is 4.39 Å². The highest BCUT2D eigenvalue weighted by atomic mass is 19.1. The first-order valence-electron chi connectivity index (χ1n) is 6.58. The molecule has 110 valence electrons. The number of ether oxygens (including phenoxy) is 1. The van der Waals surface area contributed by atoms with Gasteiger partial charge in [-0.1, -0.05) is 18.2 Å². The second-order valence-electron chi connectivity index (χ2n) is 4.59. The zero-order chi connectivity index (χ0) is 15.0. The molecule has 5 heteroatoms. The fraction of sp³-hybridized carbons (Fsp3) is 0.467. The van der Waals surface area contributed by atoms with Gasteiger partial charge in [-0.2, -0.15) is 0 Å². The summed E-state index contributed by atoms with van der Waals surface area (Å²) in [5, 5.41) is 0. The Bertz CT molecular complexity index is 462. The molecule has 0 spiro atoms. The molecule has 1 aromatic rings. The van der Waals surface area contributed by atoms with Crippen molar-refractivity contribution >= 4 is 11.9 Å². The van der Waals surface area contributed by atoms with Crippen molar-refractivity contribution in [1.29, 1.82) is 0 Å². The fourth-order valence-electron chi connectivity index (χ4n) is 1.82. The van der Waals surface area contributed by atoms with Crippen molar-refractivity contribution in [3.05, 3.63) is 35.6 Å². The molecule has 0 fully saturated rings. The van der Waals surface area contributed by atoms with E-state index >= 15 is 0 Å². The van der Waals surface area contributed by atoms with Crippen LogP contribution in [0, 0.1) is 5.82 Å². The van der Waals surface area contributed by atoms with Gasteiger partial charge >= 0.3 is 5.97 Å². The van der Waals surface area contributed by atoms with Crippen LogP contribution in [-0.4, -0.2) is 37.5 Å². The number of esters is 1. The zero-order valence-corrected chi connectivity index (χ0v) is 11.9. The van der Waals surface area contributed by atoms with Crippen LogP contribution in [-0.2, 0) is 20.7 Å². The Morgan fingerprint density at radius 3 is 2.60 bits per heavy atom. The minimum Gasteiger partial charge on any atom is -0.469 e. The lowest BCUT2D eigenvalue weighted by Crippen LogP contribution is -2.28. The Balaban J connectivity index is 2.31. The Kier molecular flexibility index (Phi) is 6.70. The fourth-order valence-corrected chi connectivity index (χ4v) is 1.82. The third-order valence-electron chi connectivity index (χ3n) is 3.09. The number of rotatable bonds is 7. The third-order valence-corrected chi connectivity index (χ3v) is 3.09. The summed E-state index contributed by atoms with van der Waals surface area (Å²) < 4.78 is 17.9. The topological polar surface area (TPSA) is 46.6 Å². The van der Waals surface area contributed by atoms with Gasteiger partial charge in [0.1, 0.15) is 5.82 Å². The average Bonchev–Trinajstić information content (AvgIpc) is 2.45. The first-order valence-corrected chi connectivity index (χ1v) is 6.58. The lowest BCUT2D eigenvalue weighted by atomic mass is 10.1. The summed E-state index contributed by atoms with van der Waals surface area (Å²) >= 11 is 0. The molecule has 0 N–H and O–H groups in total. The van der Waals surface area contributed by atoms with E-state index in [1.54, 1.807) is 30.1 Å². The van der Waals surface area contributed by atoms with Crippen LogP contribution in [0.3, 0.4) is 0 Å². The maximum atomic E-state index is 13.4. The molecule has 0 unspecified atom stereocenters. The van der Waals surface area contributed by atoms with Gasteiger partial charge in [-0.05, 0) is 24.5 Å². The van der Waals surface area contributed by atoms with Crippen molar-refractivity contribution in [3.63, 3.8) is 0 Å². The van der Waals surface area contributed by atoms with Gasteiger partial charge in [0.05, 0.1) is 7.11 Å². The molecule has 0 aliphatic carbocycles. The first-order chi connectivity index (χ1) is 9.54. The summed E-state index contributed by atoms with van der Waals surface area (Å²) in [6.45, 7) is 0.491. The number of aryl methyl sites for hydroxylation is 1. The van der Waals surface area contributed by atoms with Crippen molar-refractivity contribution in [1.82, 2.24) is 4.90 Å². The number of carbonyl (C=O) groups excluding carboxylic acids is 2. The van der Waals surface area contributed by atoms with Crippen molar-refractivity contribution in [2.75, 3.05) is 20.7 Å². The lowest BCUT2D eigenvalue weighted by Gasteiger charge is -2.16. The molecule has 1 amide bonds. The third kappa shape index (κ3) is 5.38. The number of halogens is 1. The number of benzene rings is 1. The maximum absolute atomic E-state index is 13.4. The second-order valence-corrected chi connectivity index (χ2v) is 4.59. The number of methoxy groups -OCH3 is 1. The molecule has 0 saturated carbocycles. The van der Waals surface area contributed by atoms with E-state index in [1.165, 1.54) is 13.2 Å². The summed E-state index contributed by atoms with van der Waals surface area (Å²) in [5.41, 5.74) is 0.545. The van der Waals surface area contributed by atoms with Crippen LogP contribution in [0.15, 0.2) is 24.3 Å². The van der Waals surface area contributed by atoms with E-state index in [4.69, 9.17) is 0 Å². The minimum absolute atomic E-state index is 0.0573. The molecular weight excluding hydrogens is 261 g/mol. The average molecular weight is 281 g/mol. The van der Waals surface area contributed by atoms with Gasteiger partial charge in [-0.25, -0.2) is 4.39 Å². The molecule has 1 aromatic carbocycles. The molecular formula is C15H20FNO3. The Morgan fingerprint density at radius 2 is 1.95 bits per heavy atom. The van der Waals surface area contributed by atoms with Crippen LogP contribution in [0.1, 0.15) is 24.8 Å². The van der Waals surface area contributed by atoms with Gasteiger partial charge in [0.25, 0.3) is 0 Å². The number of carbonyl (C=O) groups is 2. The van der Waals surface area contributed by atoms with E-state index in [-0.39, 0.29) is 24.1 Å². The standard InChI is InChI=1S/C15H20FNO3/c1-17(11-5-8-15(19)20-2)14(18)10-9-12-6-3-4-7-13(12)16/h3-4,6-7H,5,8-11H2,1-2H3. The Labute approximate surface area is 118 Å². The maximum Gasteiger partial charge on any atom is 0.305 e. The monoisotopic (exact) mass is 281 g/mol. The molecule has 4 nitrogen and oxygen atoms in total. The van der Waals surface area contributed by atoms with Crippen molar-refractivity contribution in [2.45, 2.75) is 25.7 Å². The molecule has 0 bridgehead atoms. The van der Waals surface area contributed by atoms with E-state index in [0.29, 0.717) is 31.4 Å². The van der Waals surface area contributed by atoms with E-state index in [0.717, 1.165) is 0 Å². The van der Waals surface area contributed by atoms with Crippen LogP contribution in [0.5, 0.6) is 0 Å². The quantitative estimate of drug-likeness (QED) is 0.720. The van der Waals surface area contributed by atoms with Crippen molar-refractivity contribution < 1.29 is 18.7 Å². The number of hydrogen-bond donors (Lipinski definition) is 0. The molecule has 1 rings (SSSR count). The molecule has 20 heavy (non-hydrogen) atoms. The van der Waals surface area contributed by atoms with Gasteiger partial charge in [0.2, 0.25) is 5.91 Å². The Morgan fingerprint density at radius 1 is 1.25 bits per heavy atom. The van der Waals surface area contributed by atoms with Gasteiger partial charge in [-0.3, -0.25) is 9.59 Å². The largest absolute Gasteiger partial charge is 0.469 e. The summed E-state index contributed by atoms with van der Waals surface area (Å²) in [4.78, 5) is 24.4. The van der Waals surface area contributed by atoms with Gasteiger partial charge in [-0.15, -0.1) is 0 Å². The van der Waals surface area contributed by atoms with Crippen LogP contribution >= 0.6 is 0 Å². The lowest BCUT2D eigenvalue weighted by molar-refractivity contribution is -0.141. The molecule has 0 aliphatic rings. The molecule has 0 atom stereocenters. The number of amides is 1. The summed E-state index contributed by atoms with van der Waals surface area (Å²) in [5.74, 6) is -0.621. The van der Waals surface area contributed by atoms with Crippen LogP contribution in [0.25, 0.3) is 0 Å². The van der Waals surface area contributed by atoms with E-state index < -0.39 is 0 Å². The molecule has 0 aromatic heterocycles. The first kappa shape index (κ1) is 16.1. The van der Waals surface area contributed by atoms with Crippen molar-refractivity contribution in [3.8, 4) is 0 Å². The minimum atomic E-state index is -0.284. The predicted molar refractivity (Wildman–Crippen MR) is 73.6 cm³/mol. The van der Waals surface area contributed by atoms with E-state index in [2.05, 4.69) is 4.74 Å². The predicted octanol–water partition coefficient (Wildman–Crippen LogP) is 2.17. The SMILES string of the molecule is COC(=O)CCCN(C)C(=O)CCc1ccccc1F. The second kappa shape index (κ2) is 8.30. The summed E-state index contributed by atoms with van der Waals surface area (Å²) in [6, 6.07) is 6.45. The van der Waals surface area contributed by atoms with E-state index in [9.17, 15) is 14.0 Å². The van der Waals surface area contributed by atoms with E-state index in [1.807, 2.05) is 0 Å².